The van der Waals surface area contributed by atoms with E-state index in [9.17, 15) is 10.1 Å². The molecule has 0 unspecified atom stereocenters. The highest BCUT2D eigenvalue weighted by Crippen LogP contribution is 2.27. The largest absolute Gasteiger partial charge is 0.484 e. The van der Waals surface area contributed by atoms with Crippen molar-refractivity contribution in [1.29, 1.82) is 0 Å². The summed E-state index contributed by atoms with van der Waals surface area (Å²) in [4.78, 5) is 10.6. The minimum absolute atomic E-state index is 0.00250. The third-order valence-corrected chi connectivity index (χ3v) is 2.67. The van der Waals surface area contributed by atoms with E-state index in [2.05, 4.69) is 12.2 Å². The quantitative estimate of drug-likeness (QED) is 0.405. The number of rotatable bonds is 10. The minimum Gasteiger partial charge on any atom is -0.484 e. The third-order valence-electron chi connectivity index (χ3n) is 2.67. The molecule has 112 valence electrons. The van der Waals surface area contributed by atoms with Crippen LogP contribution in [0.25, 0.3) is 0 Å². The third kappa shape index (κ3) is 5.54. The van der Waals surface area contributed by atoms with Gasteiger partial charge in [-0.05, 0) is 31.5 Å². The van der Waals surface area contributed by atoms with E-state index in [-0.39, 0.29) is 11.4 Å². The molecule has 0 aliphatic heterocycles. The molecule has 1 aromatic rings. The van der Waals surface area contributed by atoms with Crippen LogP contribution < -0.4 is 10.1 Å². The van der Waals surface area contributed by atoms with Crippen molar-refractivity contribution >= 4 is 5.69 Å². The van der Waals surface area contributed by atoms with Crippen LogP contribution in [0.3, 0.4) is 0 Å². The van der Waals surface area contributed by atoms with E-state index in [4.69, 9.17) is 9.47 Å². The normalized spacial score (nSPS) is 10.5. The zero-order valence-electron chi connectivity index (χ0n) is 12.1. The molecule has 0 radical (unpaired) electrons. The van der Waals surface area contributed by atoms with E-state index in [1.165, 1.54) is 0 Å². The molecule has 0 aliphatic rings. The highest BCUT2D eigenvalue weighted by atomic mass is 16.6. The van der Waals surface area contributed by atoms with Crippen LogP contribution in [0.15, 0.2) is 18.2 Å². The van der Waals surface area contributed by atoms with Crippen LogP contribution in [0.5, 0.6) is 5.75 Å². The van der Waals surface area contributed by atoms with E-state index < -0.39 is 4.92 Å². The lowest BCUT2D eigenvalue weighted by Crippen LogP contribution is -2.14. The molecule has 6 nitrogen and oxygen atoms in total. The van der Waals surface area contributed by atoms with Crippen molar-refractivity contribution in [2.24, 2.45) is 0 Å². The number of ether oxygens (including phenoxy) is 2. The Labute approximate surface area is 119 Å². The van der Waals surface area contributed by atoms with Gasteiger partial charge in [-0.15, -0.1) is 0 Å². The molecule has 0 atom stereocenters. The van der Waals surface area contributed by atoms with Gasteiger partial charge < -0.3 is 14.8 Å². The van der Waals surface area contributed by atoms with Crippen molar-refractivity contribution < 1.29 is 14.4 Å². The van der Waals surface area contributed by atoms with Gasteiger partial charge in [0.05, 0.1) is 11.5 Å². The van der Waals surface area contributed by atoms with Gasteiger partial charge in [0, 0.05) is 19.2 Å². The molecule has 0 spiro atoms. The van der Waals surface area contributed by atoms with Crippen molar-refractivity contribution in [3.63, 3.8) is 0 Å². The number of nitrogens with one attached hydrogen (secondary N) is 1. The Morgan fingerprint density at radius 2 is 2.10 bits per heavy atom. The van der Waals surface area contributed by atoms with Crippen molar-refractivity contribution in [2.75, 3.05) is 26.4 Å². The van der Waals surface area contributed by atoms with Crippen LogP contribution in [-0.4, -0.2) is 31.3 Å². The van der Waals surface area contributed by atoms with Gasteiger partial charge in [-0.2, -0.15) is 0 Å². The monoisotopic (exact) mass is 282 g/mol. The first-order valence-corrected chi connectivity index (χ1v) is 6.87. The van der Waals surface area contributed by atoms with E-state index in [0.29, 0.717) is 26.4 Å². The van der Waals surface area contributed by atoms with Gasteiger partial charge in [0.15, 0.2) is 5.75 Å². The summed E-state index contributed by atoms with van der Waals surface area (Å²) in [6, 6.07) is 5.04. The number of benzene rings is 1. The average Bonchev–Trinajstić information content (AvgIpc) is 2.44. The number of hydrogen-bond donors (Lipinski definition) is 1. The number of nitrogens with zero attached hydrogens (tertiary/aromatic N) is 1. The molecule has 1 aromatic carbocycles. The molecule has 6 heteroatoms. The van der Waals surface area contributed by atoms with Crippen molar-refractivity contribution in [2.45, 2.75) is 26.8 Å². The van der Waals surface area contributed by atoms with E-state index in [1.54, 1.807) is 12.1 Å². The predicted molar refractivity (Wildman–Crippen MR) is 77.1 cm³/mol. The van der Waals surface area contributed by atoms with Gasteiger partial charge in [0.2, 0.25) is 0 Å². The Bertz CT molecular complexity index is 424. The molecule has 20 heavy (non-hydrogen) atoms. The van der Waals surface area contributed by atoms with E-state index >= 15 is 0 Å². The van der Waals surface area contributed by atoms with Crippen molar-refractivity contribution in [3.05, 3.63) is 33.9 Å². The molecule has 1 N–H and O–H groups in total. The van der Waals surface area contributed by atoms with Crippen molar-refractivity contribution in [1.82, 2.24) is 5.32 Å². The van der Waals surface area contributed by atoms with Crippen LogP contribution in [0, 0.1) is 10.1 Å². The summed E-state index contributed by atoms with van der Waals surface area (Å²) in [5.41, 5.74) is 0.875. The minimum atomic E-state index is -0.417. The highest BCUT2D eigenvalue weighted by Gasteiger charge is 2.15. The Kier molecular flexibility index (Phi) is 7.60. The Hall–Kier alpha value is -1.66. The molecule has 0 saturated carbocycles. The number of nitro benzene ring substituents is 1. The first kappa shape index (κ1) is 16.4. The SMILES string of the molecule is CCCNCc1ccc(OCCOCC)c([N+](=O)[O-])c1. The molecule has 0 fully saturated rings. The highest BCUT2D eigenvalue weighted by molar-refractivity contribution is 5.48. The molecule has 0 aliphatic carbocycles. The van der Waals surface area contributed by atoms with E-state index in [1.807, 2.05) is 13.0 Å². The summed E-state index contributed by atoms with van der Waals surface area (Å²) in [6.07, 6.45) is 1.03. The predicted octanol–water partition coefficient (Wildman–Crippen LogP) is 2.51. The standard InChI is InChI=1S/C14H22N2O4/c1-3-7-15-11-12-5-6-14(13(10-12)16(17)18)20-9-8-19-4-2/h5-6,10,15H,3-4,7-9,11H2,1-2H3. The maximum atomic E-state index is 11.1. The lowest BCUT2D eigenvalue weighted by atomic mass is 10.2. The second-order valence-electron chi connectivity index (χ2n) is 4.28. The van der Waals surface area contributed by atoms with Gasteiger partial charge in [-0.3, -0.25) is 10.1 Å². The fourth-order valence-electron chi connectivity index (χ4n) is 1.70. The molecule has 0 bridgehead atoms. The van der Waals surface area contributed by atoms with Gasteiger partial charge in [-0.25, -0.2) is 0 Å². The second kappa shape index (κ2) is 9.28. The summed E-state index contributed by atoms with van der Waals surface area (Å²) >= 11 is 0. The van der Waals surface area contributed by atoms with Crippen LogP contribution in [0.4, 0.5) is 5.69 Å². The summed E-state index contributed by atoms with van der Waals surface area (Å²) in [6.45, 7) is 6.81. The van der Waals surface area contributed by atoms with E-state index in [0.717, 1.165) is 18.5 Å². The van der Waals surface area contributed by atoms with Crippen LogP contribution in [0.2, 0.25) is 0 Å². The van der Waals surface area contributed by atoms with Gasteiger partial charge in [0.1, 0.15) is 6.61 Å². The lowest BCUT2D eigenvalue weighted by Gasteiger charge is -2.09. The molecule has 0 heterocycles. The first-order valence-electron chi connectivity index (χ1n) is 6.87. The fraction of sp³-hybridized carbons (Fsp3) is 0.571. The Balaban J connectivity index is 2.67. The Morgan fingerprint density at radius 3 is 2.75 bits per heavy atom. The first-order chi connectivity index (χ1) is 9.69. The zero-order valence-corrected chi connectivity index (χ0v) is 12.1. The van der Waals surface area contributed by atoms with Gasteiger partial charge in [0.25, 0.3) is 0 Å². The lowest BCUT2D eigenvalue weighted by molar-refractivity contribution is -0.386. The average molecular weight is 282 g/mol. The maximum Gasteiger partial charge on any atom is 0.311 e. The smallest absolute Gasteiger partial charge is 0.311 e. The molecule has 0 amide bonds. The topological polar surface area (TPSA) is 73.6 Å². The maximum absolute atomic E-state index is 11.1. The van der Waals surface area contributed by atoms with Crippen LogP contribution in [-0.2, 0) is 11.3 Å². The summed E-state index contributed by atoms with van der Waals surface area (Å²) in [7, 11) is 0. The summed E-state index contributed by atoms with van der Waals surface area (Å²) < 4.78 is 10.5. The molecular weight excluding hydrogens is 260 g/mol. The number of nitro groups is 1. The van der Waals surface area contributed by atoms with Crippen molar-refractivity contribution in [3.8, 4) is 5.75 Å². The molecule has 0 aromatic heterocycles. The van der Waals surface area contributed by atoms with Gasteiger partial charge in [-0.1, -0.05) is 13.0 Å². The fourth-order valence-corrected chi connectivity index (χ4v) is 1.70. The summed E-state index contributed by atoms with van der Waals surface area (Å²) in [5.74, 6) is 0.286. The number of hydrogen-bond acceptors (Lipinski definition) is 5. The molecular formula is C14H22N2O4. The van der Waals surface area contributed by atoms with Gasteiger partial charge >= 0.3 is 5.69 Å². The second-order valence-corrected chi connectivity index (χ2v) is 4.28. The van der Waals surface area contributed by atoms with Crippen LogP contribution in [0.1, 0.15) is 25.8 Å². The zero-order chi connectivity index (χ0) is 14.8. The van der Waals surface area contributed by atoms with Crippen LogP contribution >= 0.6 is 0 Å². The molecule has 0 saturated heterocycles. The Morgan fingerprint density at radius 1 is 1.30 bits per heavy atom. The molecule has 1 rings (SSSR count). The summed E-state index contributed by atoms with van der Waals surface area (Å²) in [5, 5.41) is 14.3.